The minimum Gasteiger partial charge on any atom is -0.410 e. The van der Waals surface area contributed by atoms with Crippen molar-refractivity contribution in [2.24, 2.45) is 0 Å². The van der Waals surface area contributed by atoms with E-state index in [4.69, 9.17) is 4.74 Å². The number of rotatable bonds is 5. The second kappa shape index (κ2) is 6.65. The highest BCUT2D eigenvalue weighted by molar-refractivity contribution is 5.74. The molecule has 1 amide bonds. The second-order valence-electron chi connectivity index (χ2n) is 5.68. The van der Waals surface area contributed by atoms with Gasteiger partial charge in [0.15, 0.2) is 0 Å². The molecule has 1 unspecified atom stereocenters. The molecule has 3 heteroatoms. The van der Waals surface area contributed by atoms with Gasteiger partial charge < -0.3 is 4.74 Å². The van der Waals surface area contributed by atoms with E-state index in [1.54, 1.807) is 0 Å². The first-order valence-electron chi connectivity index (χ1n) is 7.91. The Balaban J connectivity index is 1.91. The first kappa shape index (κ1) is 14.6. The summed E-state index contributed by atoms with van der Waals surface area (Å²) in [7, 11) is 0. The molecule has 2 aromatic rings. The summed E-state index contributed by atoms with van der Waals surface area (Å²) in [5, 5.41) is 0. The van der Waals surface area contributed by atoms with Gasteiger partial charge in [-0.2, -0.15) is 0 Å². The molecule has 0 fully saturated rings. The highest BCUT2D eigenvalue weighted by atomic mass is 16.6. The van der Waals surface area contributed by atoms with E-state index in [1.807, 2.05) is 53.4 Å². The van der Waals surface area contributed by atoms with Gasteiger partial charge in [0, 0.05) is 12.1 Å². The molecule has 3 rings (SSSR count). The summed E-state index contributed by atoms with van der Waals surface area (Å²) in [6.45, 7) is 2.76. The fraction of sp³-hybridized carbons (Fsp3) is 0.316. The van der Waals surface area contributed by atoms with Crippen LogP contribution in [0.1, 0.15) is 43.4 Å². The van der Waals surface area contributed by atoms with Gasteiger partial charge in [0.05, 0.1) is 6.04 Å². The van der Waals surface area contributed by atoms with E-state index in [1.165, 1.54) is 0 Å². The zero-order valence-electron chi connectivity index (χ0n) is 12.9. The number of carbonyl (C=O) groups is 1. The Hall–Kier alpha value is -2.29. The van der Waals surface area contributed by atoms with Gasteiger partial charge in [-0.15, -0.1) is 0 Å². The van der Waals surface area contributed by atoms with Crippen LogP contribution >= 0.6 is 0 Å². The standard InChI is InChI=1S/C19H21NO2/c1-2-3-12-17-16-11-7-8-13-18(16)22-19(21)20(17)14-15-9-5-4-6-10-15/h4-11,13,17H,2-3,12,14H2,1H3. The van der Waals surface area contributed by atoms with Crippen LogP contribution in [0.15, 0.2) is 54.6 Å². The van der Waals surface area contributed by atoms with Gasteiger partial charge in [-0.05, 0) is 18.1 Å². The third-order valence-electron chi connectivity index (χ3n) is 4.11. The van der Waals surface area contributed by atoms with Crippen LogP contribution in [0, 0.1) is 0 Å². The summed E-state index contributed by atoms with van der Waals surface area (Å²) >= 11 is 0. The molecule has 0 N–H and O–H groups in total. The van der Waals surface area contributed by atoms with Crippen LogP contribution in [0.2, 0.25) is 0 Å². The van der Waals surface area contributed by atoms with Crippen molar-refractivity contribution in [1.82, 2.24) is 4.90 Å². The number of carbonyl (C=O) groups excluding carboxylic acids is 1. The highest BCUT2D eigenvalue weighted by Gasteiger charge is 2.33. The number of unbranched alkanes of at least 4 members (excludes halogenated alkanes) is 1. The molecule has 2 aromatic carbocycles. The third kappa shape index (κ3) is 2.98. The van der Waals surface area contributed by atoms with Crippen molar-refractivity contribution < 1.29 is 9.53 Å². The maximum absolute atomic E-state index is 12.4. The lowest BCUT2D eigenvalue weighted by molar-refractivity contribution is 0.108. The lowest BCUT2D eigenvalue weighted by atomic mass is 9.97. The number of ether oxygens (including phenoxy) is 1. The van der Waals surface area contributed by atoms with Crippen LogP contribution < -0.4 is 4.74 Å². The summed E-state index contributed by atoms with van der Waals surface area (Å²) in [4.78, 5) is 14.3. The number of nitrogens with zero attached hydrogens (tertiary/aromatic N) is 1. The molecule has 0 aromatic heterocycles. The van der Waals surface area contributed by atoms with Crippen molar-refractivity contribution in [3.63, 3.8) is 0 Å². The number of hydrogen-bond acceptors (Lipinski definition) is 2. The predicted molar refractivity (Wildman–Crippen MR) is 86.7 cm³/mol. The van der Waals surface area contributed by atoms with Gasteiger partial charge >= 0.3 is 6.09 Å². The largest absolute Gasteiger partial charge is 0.416 e. The first-order valence-corrected chi connectivity index (χ1v) is 7.91. The molecule has 22 heavy (non-hydrogen) atoms. The molecule has 1 heterocycles. The maximum atomic E-state index is 12.4. The van der Waals surface area contributed by atoms with E-state index >= 15 is 0 Å². The average Bonchev–Trinajstić information content (AvgIpc) is 2.55. The van der Waals surface area contributed by atoms with Gasteiger partial charge in [0.2, 0.25) is 0 Å². The van der Waals surface area contributed by atoms with E-state index in [-0.39, 0.29) is 12.1 Å². The number of hydrogen-bond donors (Lipinski definition) is 0. The number of fused-ring (bicyclic) bond motifs is 1. The molecule has 1 aliphatic rings. The molecule has 1 aliphatic heterocycles. The van der Waals surface area contributed by atoms with Crippen molar-refractivity contribution in [3.8, 4) is 5.75 Å². The minimum absolute atomic E-state index is 0.0950. The maximum Gasteiger partial charge on any atom is 0.416 e. The molecule has 0 saturated heterocycles. The normalized spacial score (nSPS) is 17.0. The molecule has 0 bridgehead atoms. The van der Waals surface area contributed by atoms with Gasteiger partial charge in [-0.1, -0.05) is 68.3 Å². The Kier molecular flexibility index (Phi) is 4.42. The number of para-hydroxylation sites is 1. The zero-order valence-corrected chi connectivity index (χ0v) is 12.9. The smallest absolute Gasteiger partial charge is 0.410 e. The van der Waals surface area contributed by atoms with Crippen molar-refractivity contribution in [2.75, 3.05) is 0 Å². The summed E-state index contributed by atoms with van der Waals surface area (Å²) < 4.78 is 5.51. The molecule has 3 nitrogen and oxygen atoms in total. The second-order valence-corrected chi connectivity index (χ2v) is 5.68. The quantitative estimate of drug-likeness (QED) is 0.782. The highest BCUT2D eigenvalue weighted by Crippen LogP contribution is 2.38. The molecule has 0 aliphatic carbocycles. The van der Waals surface area contributed by atoms with Gasteiger partial charge in [0.25, 0.3) is 0 Å². The molecule has 1 atom stereocenters. The summed E-state index contributed by atoms with van der Waals surface area (Å²) in [5.41, 5.74) is 2.24. The van der Waals surface area contributed by atoms with Crippen LogP contribution in [0.4, 0.5) is 4.79 Å². The van der Waals surface area contributed by atoms with Crippen LogP contribution in [0.25, 0.3) is 0 Å². The average molecular weight is 295 g/mol. The molecule has 0 radical (unpaired) electrons. The fourth-order valence-corrected chi connectivity index (χ4v) is 2.96. The van der Waals surface area contributed by atoms with Crippen molar-refractivity contribution >= 4 is 6.09 Å². The fourth-order valence-electron chi connectivity index (χ4n) is 2.96. The van der Waals surface area contributed by atoms with Gasteiger partial charge in [-0.3, -0.25) is 4.90 Å². The van der Waals surface area contributed by atoms with Crippen molar-refractivity contribution in [1.29, 1.82) is 0 Å². The molecular formula is C19H21NO2. The minimum atomic E-state index is -0.247. The van der Waals surface area contributed by atoms with Crippen LogP contribution in [0.5, 0.6) is 5.75 Å². The van der Waals surface area contributed by atoms with E-state index in [0.29, 0.717) is 12.3 Å². The summed E-state index contributed by atoms with van der Waals surface area (Å²) in [6.07, 6.45) is 2.93. The Morgan fingerprint density at radius 3 is 2.55 bits per heavy atom. The molecular weight excluding hydrogens is 274 g/mol. The SMILES string of the molecule is CCCCC1c2ccccc2OC(=O)N1Cc1ccccc1. The van der Waals surface area contributed by atoms with E-state index in [0.717, 1.165) is 30.4 Å². The lowest BCUT2D eigenvalue weighted by Crippen LogP contribution is -2.40. The summed E-state index contributed by atoms with van der Waals surface area (Å²) in [6, 6.07) is 18.0. The predicted octanol–water partition coefficient (Wildman–Crippen LogP) is 4.93. The molecule has 114 valence electrons. The van der Waals surface area contributed by atoms with E-state index in [2.05, 4.69) is 13.0 Å². The van der Waals surface area contributed by atoms with E-state index in [9.17, 15) is 4.79 Å². The van der Waals surface area contributed by atoms with E-state index < -0.39 is 0 Å². The Morgan fingerprint density at radius 2 is 1.77 bits per heavy atom. The van der Waals surface area contributed by atoms with Crippen LogP contribution in [-0.4, -0.2) is 11.0 Å². The number of amides is 1. The van der Waals surface area contributed by atoms with Gasteiger partial charge in [-0.25, -0.2) is 4.79 Å². The molecule has 0 saturated carbocycles. The Bertz CT molecular complexity index is 639. The number of benzene rings is 2. The lowest BCUT2D eigenvalue weighted by Gasteiger charge is -2.36. The van der Waals surface area contributed by atoms with Gasteiger partial charge in [0.1, 0.15) is 5.75 Å². The third-order valence-corrected chi connectivity index (χ3v) is 4.11. The first-order chi connectivity index (χ1) is 10.8. The Labute approximate surface area is 131 Å². The summed E-state index contributed by atoms with van der Waals surface area (Å²) in [5.74, 6) is 0.706. The van der Waals surface area contributed by atoms with Crippen molar-refractivity contribution in [2.45, 2.75) is 38.8 Å². The monoisotopic (exact) mass is 295 g/mol. The van der Waals surface area contributed by atoms with Crippen LogP contribution in [0.3, 0.4) is 0 Å². The topological polar surface area (TPSA) is 29.5 Å². The zero-order chi connectivity index (χ0) is 15.4. The van der Waals surface area contributed by atoms with Crippen molar-refractivity contribution in [3.05, 3.63) is 65.7 Å². The Morgan fingerprint density at radius 1 is 1.05 bits per heavy atom. The van der Waals surface area contributed by atoms with Crippen LogP contribution in [-0.2, 0) is 6.54 Å². The molecule has 0 spiro atoms.